The molecule has 0 atom stereocenters. The third-order valence-electron chi connectivity index (χ3n) is 5.37. The van der Waals surface area contributed by atoms with Crippen LogP contribution in [0.15, 0.2) is 47.4 Å². The third-order valence-corrected chi connectivity index (χ3v) is 6.99. The van der Waals surface area contributed by atoms with E-state index in [4.69, 9.17) is 4.74 Å². The first-order chi connectivity index (χ1) is 13.9. The maximum absolute atomic E-state index is 12.5. The van der Waals surface area contributed by atoms with E-state index in [9.17, 15) is 8.42 Å². The van der Waals surface area contributed by atoms with Gasteiger partial charge in [0.2, 0.25) is 10.0 Å². The van der Waals surface area contributed by atoms with Gasteiger partial charge >= 0.3 is 0 Å². The summed E-state index contributed by atoms with van der Waals surface area (Å²) in [6.07, 6.45) is 0.798. The SMILES string of the molecule is COc1ccc(N2CCN(CCCNS(=O)(=O)c3ccc(C)cc3C)CC2)cc1. The van der Waals surface area contributed by atoms with Crippen LogP contribution < -0.4 is 14.4 Å². The van der Waals surface area contributed by atoms with Crippen molar-refractivity contribution in [2.24, 2.45) is 0 Å². The lowest BCUT2D eigenvalue weighted by atomic mass is 10.2. The van der Waals surface area contributed by atoms with Gasteiger partial charge in [0.15, 0.2) is 0 Å². The van der Waals surface area contributed by atoms with Crippen molar-refractivity contribution in [3.05, 3.63) is 53.6 Å². The van der Waals surface area contributed by atoms with Gasteiger partial charge in [-0.2, -0.15) is 0 Å². The Labute approximate surface area is 174 Å². The van der Waals surface area contributed by atoms with E-state index in [1.807, 2.05) is 38.1 Å². The van der Waals surface area contributed by atoms with Gasteiger partial charge in [0.05, 0.1) is 12.0 Å². The van der Waals surface area contributed by atoms with Crippen LogP contribution in [0.1, 0.15) is 17.5 Å². The van der Waals surface area contributed by atoms with Crippen molar-refractivity contribution in [2.75, 3.05) is 51.3 Å². The Balaban J connectivity index is 1.41. The Hall–Kier alpha value is -2.09. The monoisotopic (exact) mass is 417 g/mol. The van der Waals surface area contributed by atoms with E-state index in [1.165, 1.54) is 5.69 Å². The van der Waals surface area contributed by atoms with Gasteiger partial charge in [0.1, 0.15) is 5.75 Å². The topological polar surface area (TPSA) is 61.9 Å². The summed E-state index contributed by atoms with van der Waals surface area (Å²) < 4.78 is 33.0. The molecule has 1 saturated heterocycles. The second kappa shape index (κ2) is 9.61. The van der Waals surface area contributed by atoms with E-state index in [0.717, 1.165) is 56.0 Å². The first-order valence-electron chi connectivity index (χ1n) is 10.1. The van der Waals surface area contributed by atoms with Crippen LogP contribution in [0.3, 0.4) is 0 Å². The Morgan fingerprint density at radius 3 is 2.31 bits per heavy atom. The highest BCUT2D eigenvalue weighted by atomic mass is 32.2. The van der Waals surface area contributed by atoms with Crippen LogP contribution in [0, 0.1) is 13.8 Å². The molecular formula is C22H31N3O3S. The summed E-state index contributed by atoms with van der Waals surface area (Å²) >= 11 is 0. The van der Waals surface area contributed by atoms with Crippen molar-refractivity contribution in [3.8, 4) is 5.75 Å². The number of methoxy groups -OCH3 is 1. The molecule has 7 heteroatoms. The van der Waals surface area contributed by atoms with Crippen LogP contribution in [0.5, 0.6) is 5.75 Å². The molecule has 158 valence electrons. The van der Waals surface area contributed by atoms with E-state index < -0.39 is 10.0 Å². The van der Waals surface area contributed by atoms with Gasteiger partial charge in [-0.15, -0.1) is 0 Å². The Morgan fingerprint density at radius 2 is 1.69 bits per heavy atom. The van der Waals surface area contributed by atoms with Gasteiger partial charge in [0, 0.05) is 38.4 Å². The van der Waals surface area contributed by atoms with Crippen LogP contribution in [0.4, 0.5) is 5.69 Å². The van der Waals surface area contributed by atoms with Crippen LogP contribution >= 0.6 is 0 Å². The number of ether oxygens (including phenoxy) is 1. The van der Waals surface area contributed by atoms with Gasteiger partial charge in [0.25, 0.3) is 0 Å². The number of anilines is 1. The van der Waals surface area contributed by atoms with Crippen molar-refractivity contribution >= 4 is 15.7 Å². The number of sulfonamides is 1. The molecule has 0 saturated carbocycles. The van der Waals surface area contributed by atoms with Gasteiger partial charge < -0.3 is 9.64 Å². The highest BCUT2D eigenvalue weighted by Gasteiger charge is 2.18. The molecule has 3 rings (SSSR count). The van der Waals surface area contributed by atoms with E-state index >= 15 is 0 Å². The van der Waals surface area contributed by atoms with E-state index in [2.05, 4.69) is 26.7 Å². The number of piperazine rings is 1. The zero-order chi connectivity index (χ0) is 20.9. The molecule has 0 amide bonds. The lowest BCUT2D eigenvalue weighted by Crippen LogP contribution is -2.47. The van der Waals surface area contributed by atoms with Gasteiger partial charge in [-0.1, -0.05) is 17.7 Å². The predicted octanol–water partition coefficient (Wildman–Crippen LogP) is 2.80. The molecule has 0 aromatic heterocycles. The van der Waals surface area contributed by atoms with Crippen LogP contribution in [0.2, 0.25) is 0 Å². The van der Waals surface area contributed by atoms with Crippen molar-refractivity contribution in [1.29, 1.82) is 0 Å². The van der Waals surface area contributed by atoms with E-state index in [1.54, 1.807) is 13.2 Å². The number of benzene rings is 2. The number of hydrogen-bond donors (Lipinski definition) is 1. The van der Waals surface area contributed by atoms with Crippen molar-refractivity contribution < 1.29 is 13.2 Å². The zero-order valence-electron chi connectivity index (χ0n) is 17.5. The van der Waals surface area contributed by atoms with Gasteiger partial charge in [-0.25, -0.2) is 13.1 Å². The van der Waals surface area contributed by atoms with E-state index in [-0.39, 0.29) is 0 Å². The molecule has 0 unspecified atom stereocenters. The molecule has 1 N–H and O–H groups in total. The molecule has 1 heterocycles. The molecule has 2 aromatic carbocycles. The minimum Gasteiger partial charge on any atom is -0.497 e. The number of nitrogens with zero attached hydrogens (tertiary/aromatic N) is 2. The van der Waals surface area contributed by atoms with Crippen molar-refractivity contribution in [3.63, 3.8) is 0 Å². The number of aryl methyl sites for hydroxylation is 2. The van der Waals surface area contributed by atoms with Gasteiger partial charge in [-0.05, 0) is 62.7 Å². The second-order valence-corrected chi connectivity index (χ2v) is 9.28. The summed E-state index contributed by atoms with van der Waals surface area (Å²) in [5.74, 6) is 0.871. The number of nitrogens with one attached hydrogen (secondary N) is 1. The molecule has 1 fully saturated rings. The molecule has 0 bridgehead atoms. The first-order valence-corrected chi connectivity index (χ1v) is 11.6. The first kappa shape index (κ1) is 21.6. The highest BCUT2D eigenvalue weighted by molar-refractivity contribution is 7.89. The number of hydrogen-bond acceptors (Lipinski definition) is 5. The maximum atomic E-state index is 12.5. The van der Waals surface area contributed by atoms with Crippen LogP contribution in [-0.4, -0.2) is 59.7 Å². The Bertz CT molecular complexity index is 905. The smallest absolute Gasteiger partial charge is 0.240 e. The molecule has 29 heavy (non-hydrogen) atoms. The maximum Gasteiger partial charge on any atom is 0.240 e. The van der Waals surface area contributed by atoms with Crippen LogP contribution in [0.25, 0.3) is 0 Å². The summed E-state index contributed by atoms with van der Waals surface area (Å²) in [6.45, 7) is 9.06. The largest absolute Gasteiger partial charge is 0.497 e. The molecule has 0 spiro atoms. The summed E-state index contributed by atoms with van der Waals surface area (Å²) in [5, 5.41) is 0. The average molecular weight is 418 g/mol. The quantitative estimate of drug-likeness (QED) is 0.669. The lowest BCUT2D eigenvalue weighted by molar-refractivity contribution is 0.255. The fourth-order valence-corrected chi connectivity index (χ4v) is 5.01. The molecule has 0 radical (unpaired) electrons. The fourth-order valence-electron chi connectivity index (χ4n) is 3.71. The van der Waals surface area contributed by atoms with Gasteiger partial charge in [-0.3, -0.25) is 4.90 Å². The minimum absolute atomic E-state index is 0.371. The molecule has 0 aliphatic carbocycles. The summed E-state index contributed by atoms with van der Waals surface area (Å²) in [4.78, 5) is 5.14. The van der Waals surface area contributed by atoms with E-state index in [0.29, 0.717) is 11.4 Å². The molecule has 1 aliphatic rings. The summed E-state index contributed by atoms with van der Waals surface area (Å²) in [5.41, 5.74) is 3.06. The predicted molar refractivity (Wildman–Crippen MR) is 117 cm³/mol. The van der Waals surface area contributed by atoms with Crippen molar-refractivity contribution in [1.82, 2.24) is 9.62 Å². The minimum atomic E-state index is -3.45. The third kappa shape index (κ3) is 5.72. The second-order valence-electron chi connectivity index (χ2n) is 7.55. The molecule has 1 aliphatic heterocycles. The summed E-state index contributed by atoms with van der Waals surface area (Å²) in [7, 11) is -1.77. The summed E-state index contributed by atoms with van der Waals surface area (Å²) in [6, 6.07) is 13.6. The normalized spacial score (nSPS) is 15.5. The standard InChI is InChI=1S/C22H31N3O3S/c1-18-5-10-22(19(2)17-18)29(26,27)23-11-4-12-24-13-15-25(16-14-24)20-6-8-21(28-3)9-7-20/h5-10,17,23H,4,11-16H2,1-3H3. The fraction of sp³-hybridized carbons (Fsp3) is 0.455. The molecule has 2 aromatic rings. The Kier molecular flexibility index (Phi) is 7.16. The lowest BCUT2D eigenvalue weighted by Gasteiger charge is -2.36. The Morgan fingerprint density at radius 1 is 1.00 bits per heavy atom. The number of rotatable bonds is 8. The molecule has 6 nitrogen and oxygen atoms in total. The molecular weight excluding hydrogens is 386 g/mol. The zero-order valence-corrected chi connectivity index (χ0v) is 18.3. The highest BCUT2D eigenvalue weighted by Crippen LogP contribution is 2.20. The van der Waals surface area contributed by atoms with Crippen molar-refractivity contribution in [2.45, 2.75) is 25.2 Å². The van der Waals surface area contributed by atoms with Crippen LogP contribution in [-0.2, 0) is 10.0 Å². The average Bonchev–Trinajstić information content (AvgIpc) is 2.71.